The third-order valence-corrected chi connectivity index (χ3v) is 3.54. The number of amides is 1. The summed E-state index contributed by atoms with van der Waals surface area (Å²) in [5.41, 5.74) is 1.95. The molecule has 0 atom stereocenters. The number of hydrogen-bond acceptors (Lipinski definition) is 4. The molecule has 7 nitrogen and oxygen atoms in total. The summed E-state index contributed by atoms with van der Waals surface area (Å²) in [4.78, 5) is 16.0. The number of ether oxygens (including phenoxy) is 1. The predicted molar refractivity (Wildman–Crippen MR) is 95.3 cm³/mol. The largest absolute Gasteiger partial charge is 0.383 e. The van der Waals surface area contributed by atoms with Gasteiger partial charge in [-0.05, 0) is 23.8 Å². The molecule has 3 aromatic rings. The molecule has 1 N–H and O–H groups in total. The first-order chi connectivity index (χ1) is 12.2. The molecule has 0 aliphatic carbocycles. The van der Waals surface area contributed by atoms with Crippen LogP contribution < -0.4 is 5.32 Å². The van der Waals surface area contributed by atoms with Gasteiger partial charge in [-0.1, -0.05) is 12.1 Å². The Balaban J connectivity index is 1.56. The SMILES string of the molecule is COCCn1ccc(NC(=O)C=Cc2ccc(-n3ccnc3)cc2)n1. The van der Waals surface area contributed by atoms with Gasteiger partial charge >= 0.3 is 0 Å². The standard InChI is InChI=1S/C18H19N5O2/c1-25-13-12-23-10-8-17(21-23)20-18(24)7-4-15-2-5-16(6-3-15)22-11-9-19-14-22/h2-11,14H,12-13H2,1H3,(H,20,21,24). The summed E-state index contributed by atoms with van der Waals surface area (Å²) in [5.74, 6) is 0.289. The quantitative estimate of drug-likeness (QED) is 0.672. The van der Waals surface area contributed by atoms with E-state index in [2.05, 4.69) is 15.4 Å². The zero-order valence-electron chi connectivity index (χ0n) is 13.9. The van der Waals surface area contributed by atoms with Crippen molar-refractivity contribution in [1.29, 1.82) is 0 Å². The minimum absolute atomic E-state index is 0.226. The summed E-state index contributed by atoms with van der Waals surface area (Å²) in [6.07, 6.45) is 10.4. The van der Waals surface area contributed by atoms with Crippen LogP contribution in [0.3, 0.4) is 0 Å². The Kier molecular flexibility index (Phi) is 5.38. The van der Waals surface area contributed by atoms with E-state index in [1.165, 1.54) is 6.08 Å². The van der Waals surface area contributed by atoms with E-state index in [9.17, 15) is 4.79 Å². The van der Waals surface area contributed by atoms with Crippen molar-refractivity contribution in [2.45, 2.75) is 6.54 Å². The molecular weight excluding hydrogens is 318 g/mol. The summed E-state index contributed by atoms with van der Waals surface area (Å²) >= 11 is 0. The van der Waals surface area contributed by atoms with E-state index < -0.39 is 0 Å². The molecule has 2 heterocycles. The van der Waals surface area contributed by atoms with Crippen molar-refractivity contribution in [3.63, 3.8) is 0 Å². The topological polar surface area (TPSA) is 74.0 Å². The monoisotopic (exact) mass is 337 g/mol. The summed E-state index contributed by atoms with van der Waals surface area (Å²) < 4.78 is 8.63. The van der Waals surface area contributed by atoms with Crippen LogP contribution in [0.4, 0.5) is 5.82 Å². The number of nitrogens with one attached hydrogen (secondary N) is 1. The lowest BCUT2D eigenvalue weighted by atomic mass is 10.2. The van der Waals surface area contributed by atoms with Crippen LogP contribution in [0.5, 0.6) is 0 Å². The maximum absolute atomic E-state index is 12.0. The van der Waals surface area contributed by atoms with E-state index in [1.807, 2.05) is 35.0 Å². The van der Waals surface area contributed by atoms with Crippen molar-refractivity contribution in [3.8, 4) is 5.69 Å². The molecule has 0 unspecified atom stereocenters. The van der Waals surface area contributed by atoms with Crippen molar-refractivity contribution in [3.05, 3.63) is 66.9 Å². The second-order valence-electron chi connectivity index (χ2n) is 5.34. The highest BCUT2D eigenvalue weighted by Crippen LogP contribution is 2.10. The number of anilines is 1. The summed E-state index contributed by atoms with van der Waals surface area (Å²) in [6, 6.07) is 9.58. The fourth-order valence-electron chi connectivity index (χ4n) is 2.25. The number of carbonyl (C=O) groups excluding carboxylic acids is 1. The molecule has 128 valence electrons. The maximum atomic E-state index is 12.0. The molecule has 3 rings (SSSR count). The number of methoxy groups -OCH3 is 1. The second-order valence-corrected chi connectivity index (χ2v) is 5.34. The van der Waals surface area contributed by atoms with Crippen LogP contribution >= 0.6 is 0 Å². The van der Waals surface area contributed by atoms with Gasteiger partial charge in [0.05, 0.1) is 19.5 Å². The fourth-order valence-corrected chi connectivity index (χ4v) is 2.25. The van der Waals surface area contributed by atoms with Crippen LogP contribution in [-0.2, 0) is 16.1 Å². The highest BCUT2D eigenvalue weighted by molar-refractivity contribution is 6.01. The van der Waals surface area contributed by atoms with E-state index >= 15 is 0 Å². The first-order valence-electron chi connectivity index (χ1n) is 7.84. The Morgan fingerprint density at radius 2 is 2.08 bits per heavy atom. The highest BCUT2D eigenvalue weighted by Gasteiger charge is 2.02. The zero-order chi connectivity index (χ0) is 17.5. The average Bonchev–Trinajstić information content (AvgIpc) is 3.31. The molecule has 0 aliphatic heterocycles. The highest BCUT2D eigenvalue weighted by atomic mass is 16.5. The van der Waals surface area contributed by atoms with Gasteiger partial charge in [-0.3, -0.25) is 9.48 Å². The molecule has 0 aliphatic rings. The third kappa shape index (κ3) is 4.65. The van der Waals surface area contributed by atoms with E-state index in [0.717, 1.165) is 11.3 Å². The molecule has 0 saturated carbocycles. The van der Waals surface area contributed by atoms with Crippen LogP contribution in [0.2, 0.25) is 0 Å². The first-order valence-corrected chi connectivity index (χ1v) is 7.84. The number of benzene rings is 1. The van der Waals surface area contributed by atoms with Crippen LogP contribution in [0.25, 0.3) is 11.8 Å². The molecule has 0 fully saturated rings. The lowest BCUT2D eigenvalue weighted by Gasteiger charge is -2.02. The normalized spacial score (nSPS) is 11.1. The minimum atomic E-state index is -0.226. The van der Waals surface area contributed by atoms with Gasteiger partial charge in [0.15, 0.2) is 5.82 Å². The molecule has 1 amide bonds. The Morgan fingerprint density at radius 3 is 2.80 bits per heavy atom. The Labute approximate surface area is 145 Å². The van der Waals surface area contributed by atoms with Crippen molar-refractivity contribution >= 4 is 17.8 Å². The number of aromatic nitrogens is 4. The zero-order valence-corrected chi connectivity index (χ0v) is 13.9. The van der Waals surface area contributed by atoms with Crippen molar-refractivity contribution in [2.75, 3.05) is 19.0 Å². The van der Waals surface area contributed by atoms with Crippen LogP contribution in [-0.4, -0.2) is 39.0 Å². The molecule has 25 heavy (non-hydrogen) atoms. The van der Waals surface area contributed by atoms with Gasteiger partial charge in [-0.25, -0.2) is 4.98 Å². The predicted octanol–water partition coefficient (Wildman–Crippen LogP) is 2.37. The Morgan fingerprint density at radius 1 is 1.24 bits per heavy atom. The number of rotatable bonds is 7. The molecule has 0 spiro atoms. The van der Waals surface area contributed by atoms with E-state index in [0.29, 0.717) is 19.0 Å². The van der Waals surface area contributed by atoms with E-state index in [-0.39, 0.29) is 5.91 Å². The molecule has 0 bridgehead atoms. The molecule has 0 saturated heterocycles. The van der Waals surface area contributed by atoms with Gasteiger partial charge in [0.25, 0.3) is 0 Å². The number of imidazole rings is 1. The van der Waals surface area contributed by atoms with Gasteiger partial charge < -0.3 is 14.6 Å². The Bertz CT molecular complexity index is 835. The van der Waals surface area contributed by atoms with Gasteiger partial charge in [0.1, 0.15) is 0 Å². The fraction of sp³-hybridized carbons (Fsp3) is 0.167. The van der Waals surface area contributed by atoms with Crippen LogP contribution in [0, 0.1) is 0 Å². The van der Waals surface area contributed by atoms with Crippen molar-refractivity contribution in [1.82, 2.24) is 19.3 Å². The van der Waals surface area contributed by atoms with E-state index in [4.69, 9.17) is 4.74 Å². The van der Waals surface area contributed by atoms with Gasteiger partial charge in [0, 0.05) is 43.5 Å². The van der Waals surface area contributed by atoms with Gasteiger partial charge in [0.2, 0.25) is 5.91 Å². The minimum Gasteiger partial charge on any atom is -0.383 e. The molecule has 2 aromatic heterocycles. The number of hydrogen-bond donors (Lipinski definition) is 1. The van der Waals surface area contributed by atoms with Crippen LogP contribution in [0.1, 0.15) is 5.56 Å². The average molecular weight is 337 g/mol. The second kappa shape index (κ2) is 8.07. The van der Waals surface area contributed by atoms with Gasteiger partial charge in [-0.2, -0.15) is 5.10 Å². The lowest BCUT2D eigenvalue weighted by Crippen LogP contribution is -2.10. The van der Waals surface area contributed by atoms with E-state index in [1.54, 1.807) is 42.7 Å². The molecule has 7 heteroatoms. The smallest absolute Gasteiger partial charge is 0.249 e. The molecular formula is C18H19N5O2. The molecule has 0 radical (unpaired) electrons. The number of carbonyl (C=O) groups is 1. The Hall–Kier alpha value is -3.19. The van der Waals surface area contributed by atoms with Crippen molar-refractivity contribution < 1.29 is 9.53 Å². The summed E-state index contributed by atoms with van der Waals surface area (Å²) in [6.45, 7) is 1.22. The third-order valence-electron chi connectivity index (χ3n) is 3.54. The van der Waals surface area contributed by atoms with Crippen molar-refractivity contribution in [2.24, 2.45) is 0 Å². The summed E-state index contributed by atoms with van der Waals surface area (Å²) in [7, 11) is 1.64. The molecule has 1 aromatic carbocycles. The van der Waals surface area contributed by atoms with Crippen LogP contribution in [0.15, 0.2) is 61.3 Å². The number of nitrogens with zero attached hydrogens (tertiary/aromatic N) is 4. The van der Waals surface area contributed by atoms with Gasteiger partial charge in [-0.15, -0.1) is 0 Å². The lowest BCUT2D eigenvalue weighted by molar-refractivity contribution is -0.111. The maximum Gasteiger partial charge on any atom is 0.249 e. The first kappa shape index (κ1) is 16.7. The summed E-state index contributed by atoms with van der Waals surface area (Å²) in [5, 5.41) is 6.98.